The van der Waals surface area contributed by atoms with Crippen molar-refractivity contribution in [3.63, 3.8) is 0 Å². The van der Waals surface area contributed by atoms with Gasteiger partial charge in [-0.05, 0) is 65.0 Å². The summed E-state index contributed by atoms with van der Waals surface area (Å²) in [5, 5.41) is 0. The molecular weight excluding hydrogens is 472 g/mol. The minimum absolute atomic E-state index is 0.420. The molecule has 0 heterocycles. The van der Waals surface area contributed by atoms with Crippen LogP contribution in [0.15, 0.2) is 0 Å². The molecule has 6 nitrogen and oxygen atoms in total. The fraction of sp³-hybridized carbons (Fsp3) is 1.00. The first-order valence-corrected chi connectivity index (χ1v) is 18.6. The summed E-state index contributed by atoms with van der Waals surface area (Å²) in [4.78, 5) is 7.35. The van der Waals surface area contributed by atoms with Crippen molar-refractivity contribution in [1.82, 2.24) is 9.96 Å². The molecule has 2 saturated carbocycles. The second-order valence-electron chi connectivity index (χ2n) is 10.9. The van der Waals surface area contributed by atoms with Crippen LogP contribution in [0.4, 0.5) is 0 Å². The molecule has 0 aromatic carbocycles. The molecular formula is C27H60N2O4Si2. The Labute approximate surface area is 220 Å². The van der Waals surface area contributed by atoms with E-state index in [0.29, 0.717) is 23.2 Å². The monoisotopic (exact) mass is 532 g/mol. The minimum Gasteiger partial charge on any atom is -0.383 e. The van der Waals surface area contributed by atoms with Gasteiger partial charge in [-0.3, -0.25) is 9.96 Å². The van der Waals surface area contributed by atoms with E-state index >= 15 is 0 Å². The van der Waals surface area contributed by atoms with Crippen LogP contribution < -0.4 is 9.96 Å². The molecule has 2 unspecified atom stereocenters. The van der Waals surface area contributed by atoms with E-state index in [-0.39, 0.29) is 0 Å². The second-order valence-corrected chi connectivity index (χ2v) is 16.8. The lowest BCUT2D eigenvalue weighted by Crippen LogP contribution is -2.63. The highest BCUT2D eigenvalue weighted by atomic mass is 28.4. The Hall–Kier alpha value is 0.194. The summed E-state index contributed by atoms with van der Waals surface area (Å²) in [5.74, 6) is 0.717. The van der Waals surface area contributed by atoms with Gasteiger partial charge in [0.25, 0.3) is 0 Å². The fourth-order valence-electron chi connectivity index (χ4n) is 5.95. The Morgan fingerprint density at radius 2 is 1.00 bits per heavy atom. The molecule has 2 aliphatic rings. The lowest BCUT2D eigenvalue weighted by atomic mass is 9.90. The first-order chi connectivity index (χ1) is 16.7. The van der Waals surface area contributed by atoms with Gasteiger partial charge in [0.15, 0.2) is 0 Å². The van der Waals surface area contributed by atoms with Crippen molar-refractivity contribution >= 4 is 17.4 Å². The summed E-state index contributed by atoms with van der Waals surface area (Å²) in [6.07, 6.45) is 11.8. The van der Waals surface area contributed by atoms with Gasteiger partial charge >= 0.3 is 17.4 Å². The van der Waals surface area contributed by atoms with Crippen LogP contribution in [0.5, 0.6) is 0 Å². The van der Waals surface area contributed by atoms with Gasteiger partial charge in [-0.15, -0.1) is 0 Å². The molecule has 0 radical (unpaired) electrons. The largest absolute Gasteiger partial charge is 0.428 e. The zero-order chi connectivity index (χ0) is 26.3. The molecule has 0 amide bonds. The normalized spacial score (nSPS) is 22.4. The minimum atomic E-state index is -2.27. The molecule has 0 saturated heterocycles. The summed E-state index contributed by atoms with van der Waals surface area (Å²) < 4.78 is 24.6. The van der Waals surface area contributed by atoms with Crippen molar-refractivity contribution in [3.8, 4) is 0 Å². The van der Waals surface area contributed by atoms with Crippen molar-refractivity contribution in [3.05, 3.63) is 0 Å². The molecule has 2 fully saturated rings. The Kier molecular flexibility index (Phi) is 16.8. The van der Waals surface area contributed by atoms with Crippen molar-refractivity contribution in [2.24, 2.45) is 5.92 Å². The number of nitrogens with one attached hydrogen (secondary N) is 2. The maximum absolute atomic E-state index is 6.20. The standard InChI is InChI=1S/C14H31NO2Si.C13H29NO2Si/c1-6-16-18(17-7-2,15-12(3)4)14-11-9-8-10-13(14)5;1-5-15-17(16-6-2,14-12(3)4)13-10-8-7-9-11-13/h12-15H,6-11H2,1-5H3;12-14H,5-11H2,1-4H3. The topological polar surface area (TPSA) is 61.0 Å². The molecule has 0 aromatic rings. The first-order valence-electron chi connectivity index (χ1n) is 14.8. The van der Waals surface area contributed by atoms with Crippen LogP contribution in [-0.4, -0.2) is 56.0 Å². The Balaban J connectivity index is 0.000000351. The van der Waals surface area contributed by atoms with Gasteiger partial charge in [-0.25, -0.2) is 0 Å². The van der Waals surface area contributed by atoms with Crippen LogP contribution in [0.25, 0.3) is 0 Å². The first kappa shape index (κ1) is 33.2. The van der Waals surface area contributed by atoms with Gasteiger partial charge in [-0.1, -0.05) is 73.1 Å². The predicted octanol–water partition coefficient (Wildman–Crippen LogP) is 6.91. The number of rotatable bonds is 14. The van der Waals surface area contributed by atoms with E-state index in [1.54, 1.807) is 0 Å². The molecule has 2 atom stereocenters. The summed E-state index contributed by atoms with van der Waals surface area (Å²) in [6, 6.07) is 0.852. The number of hydrogen-bond donors (Lipinski definition) is 2. The number of hydrogen-bond acceptors (Lipinski definition) is 6. The molecule has 2 rings (SSSR count). The molecule has 0 aliphatic heterocycles. The van der Waals surface area contributed by atoms with Crippen molar-refractivity contribution in [1.29, 1.82) is 0 Å². The SMILES string of the molecule is CCO[Si](NC(C)C)(OCC)C1CCCCC1.CCO[Si](NC(C)C)(OCC)C1CCCCC1C. The summed E-state index contributed by atoms with van der Waals surface area (Å²) in [5.41, 5.74) is 1.21. The quantitative estimate of drug-likeness (QED) is 0.237. The maximum atomic E-state index is 6.20. The molecule has 2 aliphatic carbocycles. The van der Waals surface area contributed by atoms with E-state index in [1.807, 2.05) is 0 Å². The molecule has 35 heavy (non-hydrogen) atoms. The van der Waals surface area contributed by atoms with Crippen LogP contribution >= 0.6 is 0 Å². The molecule has 2 N–H and O–H groups in total. The van der Waals surface area contributed by atoms with Crippen molar-refractivity contribution in [2.45, 2.75) is 143 Å². The third-order valence-electron chi connectivity index (χ3n) is 7.16. The molecule has 210 valence electrons. The predicted molar refractivity (Wildman–Crippen MR) is 153 cm³/mol. The van der Waals surface area contributed by atoms with Gasteiger partial charge in [0, 0.05) is 37.5 Å². The van der Waals surface area contributed by atoms with Gasteiger partial charge in [0.2, 0.25) is 0 Å². The molecule has 0 bridgehead atoms. The smallest absolute Gasteiger partial charge is 0.383 e. The third kappa shape index (κ3) is 10.8. The van der Waals surface area contributed by atoms with E-state index < -0.39 is 17.4 Å². The average molecular weight is 533 g/mol. The third-order valence-corrected chi connectivity index (χ3v) is 15.5. The lowest BCUT2D eigenvalue weighted by molar-refractivity contribution is 0.139. The fourth-order valence-corrected chi connectivity index (χ4v) is 13.8. The Morgan fingerprint density at radius 3 is 1.43 bits per heavy atom. The Morgan fingerprint density at radius 1 is 0.600 bits per heavy atom. The van der Waals surface area contributed by atoms with Gasteiger partial charge < -0.3 is 17.7 Å². The maximum Gasteiger partial charge on any atom is 0.428 e. The van der Waals surface area contributed by atoms with Gasteiger partial charge in [0.05, 0.1) is 0 Å². The van der Waals surface area contributed by atoms with Crippen LogP contribution in [0.3, 0.4) is 0 Å². The van der Waals surface area contributed by atoms with Crippen molar-refractivity contribution in [2.75, 3.05) is 26.4 Å². The summed E-state index contributed by atoms with van der Waals surface area (Å²) in [6.45, 7) is 22.4. The molecule has 0 aromatic heterocycles. The van der Waals surface area contributed by atoms with E-state index in [1.165, 1.54) is 57.8 Å². The van der Waals surface area contributed by atoms with Crippen LogP contribution in [0.2, 0.25) is 11.1 Å². The van der Waals surface area contributed by atoms with Crippen LogP contribution in [0.1, 0.15) is 120 Å². The second kappa shape index (κ2) is 17.7. The van der Waals surface area contributed by atoms with Crippen LogP contribution in [0, 0.1) is 5.92 Å². The average Bonchev–Trinajstić information content (AvgIpc) is 2.80. The van der Waals surface area contributed by atoms with E-state index in [0.717, 1.165) is 32.3 Å². The zero-order valence-corrected chi connectivity index (χ0v) is 26.7. The molecule has 8 heteroatoms. The van der Waals surface area contributed by atoms with E-state index in [2.05, 4.69) is 72.3 Å². The Bertz CT molecular complexity index is 521. The lowest BCUT2D eigenvalue weighted by Gasteiger charge is -2.42. The van der Waals surface area contributed by atoms with E-state index in [9.17, 15) is 0 Å². The zero-order valence-electron chi connectivity index (χ0n) is 24.7. The van der Waals surface area contributed by atoms with Gasteiger partial charge in [-0.2, -0.15) is 0 Å². The van der Waals surface area contributed by atoms with E-state index in [4.69, 9.17) is 17.7 Å². The summed E-state index contributed by atoms with van der Waals surface area (Å²) in [7, 11) is -4.48. The highest BCUT2D eigenvalue weighted by Gasteiger charge is 2.50. The highest BCUT2D eigenvalue weighted by Crippen LogP contribution is 2.41. The van der Waals surface area contributed by atoms with Crippen molar-refractivity contribution < 1.29 is 17.7 Å². The van der Waals surface area contributed by atoms with Gasteiger partial charge in [0.1, 0.15) is 0 Å². The molecule has 0 spiro atoms. The highest BCUT2D eigenvalue weighted by molar-refractivity contribution is 6.67. The van der Waals surface area contributed by atoms with Crippen LogP contribution in [-0.2, 0) is 17.7 Å². The summed E-state index contributed by atoms with van der Waals surface area (Å²) >= 11 is 0.